The number of thioether (sulfide) groups is 1. The molecule has 0 unspecified atom stereocenters. The largest absolute Gasteiger partial charge is 0.397 e. The molecule has 0 aromatic rings. The number of hydrogen-bond donors (Lipinski definition) is 2. The first kappa shape index (κ1) is 8.27. The Morgan fingerprint density at radius 1 is 1.75 bits per heavy atom. The normalized spacial score (nSPS) is 17.2. The molecule has 8 heavy (non-hydrogen) atoms. The average Bonchev–Trinajstić information content (AvgIpc) is 2.17. The fraction of sp³-hybridized carbons (Fsp3) is 1.00. The summed E-state index contributed by atoms with van der Waals surface area (Å²) in [7, 11) is 0. The van der Waals surface area contributed by atoms with Crippen molar-refractivity contribution in [3.63, 3.8) is 0 Å². The number of aliphatic hydroxyl groups excluding tert-OH is 1. The zero-order chi connectivity index (χ0) is 6.24. The topological polar surface area (TPSA) is 32.3 Å². The summed E-state index contributed by atoms with van der Waals surface area (Å²) in [6.45, 7) is 3.14. The van der Waals surface area contributed by atoms with Gasteiger partial charge in [-0.05, 0) is 6.92 Å². The van der Waals surface area contributed by atoms with E-state index >= 15 is 0 Å². The lowest BCUT2D eigenvalue weighted by atomic mass is 10.8. The third-order valence-corrected chi connectivity index (χ3v) is 1.53. The van der Waals surface area contributed by atoms with Crippen LogP contribution in [0.1, 0.15) is 6.92 Å². The molecule has 0 amide bonds. The monoisotopic (exact) mass is 135 g/mol. The summed E-state index contributed by atoms with van der Waals surface area (Å²) in [5.41, 5.74) is 0. The lowest BCUT2D eigenvalue weighted by Crippen LogP contribution is -2.04. The smallest absolute Gasteiger partial charge is 0.0418 e. The van der Waals surface area contributed by atoms with Crippen molar-refractivity contribution in [2.75, 3.05) is 24.8 Å². The molecule has 3 heteroatoms. The molecular formula is C5H13NOS. The molecule has 2 nitrogen and oxygen atoms in total. The van der Waals surface area contributed by atoms with Crippen molar-refractivity contribution in [1.82, 2.24) is 5.32 Å². The number of aliphatic hydroxyl groups is 1. The van der Waals surface area contributed by atoms with E-state index in [2.05, 4.69) is 5.32 Å². The molecule has 0 aliphatic carbocycles. The maximum absolute atomic E-state index is 7.57. The first-order valence-electron chi connectivity index (χ1n) is 2.81. The molecule has 0 saturated carbocycles. The second kappa shape index (κ2) is 7.27. The van der Waals surface area contributed by atoms with Gasteiger partial charge in [0.1, 0.15) is 0 Å². The van der Waals surface area contributed by atoms with Crippen LogP contribution in [0.25, 0.3) is 0 Å². The van der Waals surface area contributed by atoms with E-state index in [1.807, 2.05) is 11.8 Å². The van der Waals surface area contributed by atoms with Crippen LogP contribution in [0, 0.1) is 0 Å². The highest BCUT2D eigenvalue weighted by atomic mass is 32.2. The Morgan fingerprint density at radius 3 is 2.50 bits per heavy atom. The second-order valence-corrected chi connectivity index (χ2v) is 2.47. The molecule has 1 fully saturated rings. The molecule has 0 atom stereocenters. The van der Waals surface area contributed by atoms with E-state index in [4.69, 9.17) is 5.11 Å². The van der Waals surface area contributed by atoms with E-state index in [1.165, 1.54) is 18.2 Å². The van der Waals surface area contributed by atoms with Crippen LogP contribution >= 0.6 is 11.8 Å². The van der Waals surface area contributed by atoms with Gasteiger partial charge in [-0.1, -0.05) is 0 Å². The molecule has 1 aliphatic heterocycles. The summed E-state index contributed by atoms with van der Waals surface area (Å²) in [6, 6.07) is 0. The summed E-state index contributed by atoms with van der Waals surface area (Å²) in [5.74, 6) is 2.47. The fourth-order valence-corrected chi connectivity index (χ4v) is 1.08. The molecule has 50 valence electrons. The molecule has 1 rings (SSSR count). The van der Waals surface area contributed by atoms with Gasteiger partial charge in [0, 0.05) is 24.8 Å². The predicted octanol–water partition coefficient (Wildman–Crippen LogP) is 0.279. The van der Waals surface area contributed by atoms with Crippen LogP contribution in [0.3, 0.4) is 0 Å². The quantitative estimate of drug-likeness (QED) is 0.500. The minimum absolute atomic E-state index is 0.250. The number of hydrogen-bond acceptors (Lipinski definition) is 3. The minimum atomic E-state index is 0.250. The van der Waals surface area contributed by atoms with E-state index in [0.717, 1.165) is 0 Å². The second-order valence-electron chi connectivity index (χ2n) is 1.37. The Kier molecular flexibility index (Phi) is 7.52. The SMILES string of the molecule is C1CSCN1.CCO. The average molecular weight is 135 g/mol. The summed E-state index contributed by atoms with van der Waals surface area (Å²) in [5, 5.41) is 10.8. The standard InChI is InChI=1S/C3H7NS.C2H6O/c1-2-5-3-4-1;1-2-3/h4H,1-3H2;3H,2H2,1H3. The maximum atomic E-state index is 7.57. The van der Waals surface area contributed by atoms with Gasteiger partial charge in [0.25, 0.3) is 0 Å². The first-order valence-corrected chi connectivity index (χ1v) is 3.96. The number of rotatable bonds is 0. The van der Waals surface area contributed by atoms with Gasteiger partial charge in [0.05, 0.1) is 0 Å². The van der Waals surface area contributed by atoms with Crippen LogP contribution in [0.2, 0.25) is 0 Å². The summed E-state index contributed by atoms with van der Waals surface area (Å²) < 4.78 is 0. The molecular weight excluding hydrogens is 122 g/mol. The van der Waals surface area contributed by atoms with E-state index in [-0.39, 0.29) is 6.61 Å². The third-order valence-electron chi connectivity index (χ3n) is 0.627. The molecule has 1 saturated heterocycles. The third kappa shape index (κ3) is 6.27. The molecule has 0 aromatic heterocycles. The van der Waals surface area contributed by atoms with E-state index in [0.29, 0.717) is 0 Å². The van der Waals surface area contributed by atoms with Gasteiger partial charge in [0.2, 0.25) is 0 Å². The van der Waals surface area contributed by atoms with Crippen LogP contribution in [0.4, 0.5) is 0 Å². The fourth-order valence-electron chi connectivity index (χ4n) is 0.361. The van der Waals surface area contributed by atoms with Gasteiger partial charge in [-0.2, -0.15) is 0 Å². The van der Waals surface area contributed by atoms with E-state index in [9.17, 15) is 0 Å². The van der Waals surface area contributed by atoms with Gasteiger partial charge in [-0.25, -0.2) is 0 Å². The van der Waals surface area contributed by atoms with Crippen LogP contribution in [0.5, 0.6) is 0 Å². The molecule has 0 radical (unpaired) electrons. The van der Waals surface area contributed by atoms with Crippen LogP contribution in [0.15, 0.2) is 0 Å². The Morgan fingerprint density at radius 2 is 2.38 bits per heavy atom. The van der Waals surface area contributed by atoms with Gasteiger partial charge in [0.15, 0.2) is 0 Å². The summed E-state index contributed by atoms with van der Waals surface area (Å²) in [6.07, 6.45) is 0. The first-order chi connectivity index (χ1) is 3.91. The van der Waals surface area contributed by atoms with Crippen molar-refractivity contribution >= 4 is 11.8 Å². The highest BCUT2D eigenvalue weighted by Crippen LogP contribution is 1.99. The summed E-state index contributed by atoms with van der Waals surface area (Å²) >= 11 is 1.96. The van der Waals surface area contributed by atoms with E-state index in [1.54, 1.807) is 6.92 Å². The predicted molar refractivity (Wildman–Crippen MR) is 38.1 cm³/mol. The van der Waals surface area contributed by atoms with Crippen molar-refractivity contribution in [1.29, 1.82) is 0 Å². The molecule has 0 spiro atoms. The Balaban J connectivity index is 0.000000145. The van der Waals surface area contributed by atoms with Crippen LogP contribution in [-0.2, 0) is 0 Å². The van der Waals surface area contributed by atoms with Crippen LogP contribution in [-0.4, -0.2) is 29.9 Å². The molecule has 1 heterocycles. The zero-order valence-electron chi connectivity index (χ0n) is 5.18. The van der Waals surface area contributed by atoms with Crippen molar-refractivity contribution in [2.24, 2.45) is 0 Å². The van der Waals surface area contributed by atoms with Gasteiger partial charge >= 0.3 is 0 Å². The summed E-state index contributed by atoms with van der Waals surface area (Å²) in [4.78, 5) is 0. The Bertz CT molecular complexity index is 31.8. The maximum Gasteiger partial charge on any atom is 0.0418 e. The highest BCUT2D eigenvalue weighted by Gasteiger charge is 1.93. The van der Waals surface area contributed by atoms with Crippen molar-refractivity contribution in [3.05, 3.63) is 0 Å². The van der Waals surface area contributed by atoms with E-state index < -0.39 is 0 Å². The number of nitrogens with one attached hydrogen (secondary N) is 1. The van der Waals surface area contributed by atoms with Crippen molar-refractivity contribution < 1.29 is 5.11 Å². The minimum Gasteiger partial charge on any atom is -0.397 e. The molecule has 0 aromatic carbocycles. The van der Waals surface area contributed by atoms with Crippen molar-refractivity contribution in [2.45, 2.75) is 6.92 Å². The van der Waals surface area contributed by atoms with Gasteiger partial charge < -0.3 is 10.4 Å². The molecule has 0 bridgehead atoms. The van der Waals surface area contributed by atoms with Gasteiger partial charge in [-0.15, -0.1) is 11.8 Å². The van der Waals surface area contributed by atoms with Gasteiger partial charge in [-0.3, -0.25) is 0 Å². The highest BCUT2D eigenvalue weighted by molar-refractivity contribution is 7.99. The lowest BCUT2D eigenvalue weighted by Gasteiger charge is -1.74. The zero-order valence-corrected chi connectivity index (χ0v) is 6.00. The van der Waals surface area contributed by atoms with Crippen LogP contribution < -0.4 is 5.32 Å². The Labute approximate surface area is 54.7 Å². The lowest BCUT2D eigenvalue weighted by molar-refractivity contribution is 0.318. The van der Waals surface area contributed by atoms with Crippen molar-refractivity contribution in [3.8, 4) is 0 Å². The Hall–Kier alpha value is 0.270. The molecule has 1 aliphatic rings. The molecule has 2 N–H and O–H groups in total.